The molecule has 3 rings (SSSR count). The van der Waals surface area contributed by atoms with E-state index in [0.717, 1.165) is 4.31 Å². The van der Waals surface area contributed by atoms with E-state index in [1.54, 1.807) is 55.5 Å². The van der Waals surface area contributed by atoms with Gasteiger partial charge in [0, 0.05) is 37.5 Å². The van der Waals surface area contributed by atoms with Gasteiger partial charge >= 0.3 is 0 Å². The number of sulfonamides is 1. The van der Waals surface area contributed by atoms with Crippen molar-refractivity contribution in [2.75, 3.05) is 42.2 Å². The van der Waals surface area contributed by atoms with E-state index in [1.165, 1.54) is 50.2 Å². The van der Waals surface area contributed by atoms with E-state index in [-0.39, 0.29) is 29.5 Å². The van der Waals surface area contributed by atoms with Gasteiger partial charge in [-0.05, 0) is 67.6 Å². The summed E-state index contributed by atoms with van der Waals surface area (Å²) >= 11 is 0. The van der Waals surface area contributed by atoms with Crippen LogP contribution in [0.2, 0.25) is 0 Å². The Balaban J connectivity index is 1.68. The van der Waals surface area contributed by atoms with Crippen LogP contribution in [0.3, 0.4) is 0 Å². The Morgan fingerprint density at radius 3 is 2.00 bits per heavy atom. The first-order valence-corrected chi connectivity index (χ1v) is 13.2. The van der Waals surface area contributed by atoms with Gasteiger partial charge in [0.1, 0.15) is 12.3 Å². The average Bonchev–Trinajstić information content (AvgIpc) is 2.91. The first-order valence-electron chi connectivity index (χ1n) is 11.8. The predicted molar refractivity (Wildman–Crippen MR) is 146 cm³/mol. The van der Waals surface area contributed by atoms with Gasteiger partial charge in [-0.1, -0.05) is 12.1 Å². The molecule has 10 nitrogen and oxygen atoms in total. The van der Waals surface area contributed by atoms with Crippen molar-refractivity contribution in [1.82, 2.24) is 4.90 Å². The molecule has 3 aromatic rings. The maximum absolute atomic E-state index is 13.2. The molecule has 11 heteroatoms. The number of benzene rings is 3. The van der Waals surface area contributed by atoms with Crippen molar-refractivity contribution in [3.63, 3.8) is 0 Å². The number of nitrogens with zero attached hydrogens (tertiary/aromatic N) is 2. The van der Waals surface area contributed by atoms with Crippen LogP contribution in [0.25, 0.3) is 0 Å². The molecule has 0 unspecified atom stereocenters. The zero-order chi connectivity index (χ0) is 27.9. The van der Waals surface area contributed by atoms with Crippen molar-refractivity contribution >= 4 is 44.8 Å². The summed E-state index contributed by atoms with van der Waals surface area (Å²) in [5.74, 6) is -0.602. The van der Waals surface area contributed by atoms with Crippen molar-refractivity contribution in [2.45, 2.75) is 18.7 Å². The molecule has 2 N–H and O–H groups in total. The van der Waals surface area contributed by atoms with Crippen molar-refractivity contribution in [3.8, 4) is 5.75 Å². The first-order chi connectivity index (χ1) is 18.1. The van der Waals surface area contributed by atoms with Gasteiger partial charge in [0.2, 0.25) is 11.8 Å². The quantitative estimate of drug-likeness (QED) is 0.407. The van der Waals surface area contributed by atoms with Gasteiger partial charge in [-0.3, -0.25) is 18.7 Å². The number of hydrogen-bond donors (Lipinski definition) is 2. The summed E-state index contributed by atoms with van der Waals surface area (Å²) in [4.78, 5) is 38.1. The van der Waals surface area contributed by atoms with Crippen molar-refractivity contribution in [3.05, 3.63) is 78.4 Å². The highest BCUT2D eigenvalue weighted by Crippen LogP contribution is 2.31. The van der Waals surface area contributed by atoms with E-state index in [4.69, 9.17) is 4.74 Å². The Labute approximate surface area is 222 Å². The molecule has 0 radical (unpaired) electrons. The van der Waals surface area contributed by atoms with Crippen LogP contribution in [-0.2, 0) is 19.6 Å². The summed E-state index contributed by atoms with van der Waals surface area (Å²) in [7, 11) is -1.03. The lowest BCUT2D eigenvalue weighted by Crippen LogP contribution is -2.37. The zero-order valence-electron chi connectivity index (χ0n) is 21.6. The highest BCUT2D eigenvalue weighted by Gasteiger charge is 2.25. The van der Waals surface area contributed by atoms with E-state index < -0.39 is 21.8 Å². The van der Waals surface area contributed by atoms with Crippen LogP contribution in [0.15, 0.2) is 77.7 Å². The zero-order valence-corrected chi connectivity index (χ0v) is 22.4. The molecule has 0 fully saturated rings. The number of para-hydroxylation sites is 2. The summed E-state index contributed by atoms with van der Waals surface area (Å²) in [5, 5.41) is 5.36. The molecular formula is C27H30N4O6S. The molecule has 3 aromatic carbocycles. The highest BCUT2D eigenvalue weighted by atomic mass is 32.2. The minimum atomic E-state index is -3.92. The van der Waals surface area contributed by atoms with E-state index >= 15 is 0 Å². The lowest BCUT2D eigenvalue weighted by atomic mass is 10.2. The fourth-order valence-electron chi connectivity index (χ4n) is 3.67. The summed E-state index contributed by atoms with van der Waals surface area (Å²) in [6, 6.07) is 18.9. The number of hydrogen-bond acceptors (Lipinski definition) is 6. The molecule has 38 heavy (non-hydrogen) atoms. The number of rotatable bonds is 10. The minimum absolute atomic E-state index is 0.00552. The van der Waals surface area contributed by atoms with Gasteiger partial charge < -0.3 is 20.3 Å². The highest BCUT2D eigenvalue weighted by molar-refractivity contribution is 7.92. The third-order valence-corrected chi connectivity index (χ3v) is 7.46. The van der Waals surface area contributed by atoms with Gasteiger partial charge in [0.25, 0.3) is 15.9 Å². The largest absolute Gasteiger partial charge is 0.495 e. The fraction of sp³-hybridized carbons (Fsp3) is 0.222. The lowest BCUT2D eigenvalue weighted by molar-refractivity contribution is -0.117. The van der Waals surface area contributed by atoms with Crippen LogP contribution in [-0.4, -0.2) is 58.3 Å². The standard InChI is InChI=1S/C27H30N4O6S/c1-5-31(18-26(33)29-22-14-12-21(13-15-22)28-19(2)32)27(34)20-10-16-23(17-11-20)38(35,36)30(3)24-8-6-7-9-25(24)37-4/h6-17H,5,18H2,1-4H3,(H,28,32)(H,29,33). The van der Waals surface area contributed by atoms with Crippen LogP contribution in [0, 0.1) is 0 Å². The molecule has 0 heterocycles. The molecular weight excluding hydrogens is 508 g/mol. The molecule has 0 bridgehead atoms. The second-order valence-corrected chi connectivity index (χ2v) is 10.3. The van der Waals surface area contributed by atoms with Crippen LogP contribution in [0.5, 0.6) is 5.75 Å². The third kappa shape index (κ3) is 6.68. The number of carbonyl (C=O) groups is 3. The molecule has 0 aliphatic heterocycles. The maximum Gasteiger partial charge on any atom is 0.264 e. The van der Waals surface area contributed by atoms with E-state index in [2.05, 4.69) is 10.6 Å². The van der Waals surface area contributed by atoms with E-state index in [0.29, 0.717) is 22.8 Å². The molecule has 0 saturated carbocycles. The normalized spacial score (nSPS) is 10.8. The second kappa shape index (κ2) is 12.2. The Bertz CT molecular complexity index is 1410. The van der Waals surface area contributed by atoms with Gasteiger partial charge in [-0.25, -0.2) is 8.42 Å². The van der Waals surface area contributed by atoms with Gasteiger partial charge in [-0.2, -0.15) is 0 Å². The minimum Gasteiger partial charge on any atom is -0.495 e. The molecule has 0 spiro atoms. The van der Waals surface area contributed by atoms with E-state index in [1.807, 2.05) is 0 Å². The van der Waals surface area contributed by atoms with Crippen molar-refractivity contribution < 1.29 is 27.5 Å². The lowest BCUT2D eigenvalue weighted by Gasteiger charge is -2.22. The summed E-state index contributed by atoms with van der Waals surface area (Å²) in [6.45, 7) is 3.22. The second-order valence-electron chi connectivity index (χ2n) is 8.29. The van der Waals surface area contributed by atoms with Gasteiger partial charge in [-0.15, -0.1) is 0 Å². The SMILES string of the molecule is CCN(CC(=O)Nc1ccc(NC(C)=O)cc1)C(=O)c1ccc(S(=O)(=O)N(C)c2ccccc2OC)cc1. The van der Waals surface area contributed by atoms with Crippen molar-refractivity contribution in [1.29, 1.82) is 0 Å². The maximum atomic E-state index is 13.2. The Morgan fingerprint density at radius 2 is 1.45 bits per heavy atom. The Hall–Kier alpha value is -4.38. The topological polar surface area (TPSA) is 125 Å². The predicted octanol–water partition coefficient (Wildman–Crippen LogP) is 3.58. The van der Waals surface area contributed by atoms with Crippen molar-refractivity contribution in [2.24, 2.45) is 0 Å². The third-order valence-electron chi connectivity index (χ3n) is 5.68. The number of likely N-dealkylation sites (N-methyl/N-ethyl adjacent to an activating group) is 1. The number of ether oxygens (including phenoxy) is 1. The van der Waals surface area contributed by atoms with Crippen LogP contribution in [0.1, 0.15) is 24.2 Å². The average molecular weight is 539 g/mol. The summed E-state index contributed by atoms with van der Waals surface area (Å²) in [5.41, 5.74) is 1.74. The molecule has 0 saturated heterocycles. The number of anilines is 3. The molecule has 0 aliphatic carbocycles. The van der Waals surface area contributed by atoms with Crippen LogP contribution in [0.4, 0.5) is 17.1 Å². The summed E-state index contributed by atoms with van der Waals surface area (Å²) < 4.78 is 32.7. The monoisotopic (exact) mass is 538 g/mol. The number of nitrogens with one attached hydrogen (secondary N) is 2. The number of amides is 3. The molecule has 0 aliphatic rings. The number of carbonyl (C=O) groups excluding carboxylic acids is 3. The smallest absolute Gasteiger partial charge is 0.264 e. The Morgan fingerprint density at radius 1 is 0.868 bits per heavy atom. The van der Waals surface area contributed by atoms with Gasteiger partial charge in [0.05, 0.1) is 17.7 Å². The van der Waals surface area contributed by atoms with Crippen LogP contribution >= 0.6 is 0 Å². The van der Waals surface area contributed by atoms with Gasteiger partial charge in [0.15, 0.2) is 0 Å². The Kier molecular flexibility index (Phi) is 9.08. The molecule has 0 aromatic heterocycles. The molecule has 3 amide bonds. The molecule has 200 valence electrons. The van der Waals surface area contributed by atoms with E-state index in [9.17, 15) is 22.8 Å². The summed E-state index contributed by atoms with van der Waals surface area (Å²) in [6.07, 6.45) is 0. The fourth-order valence-corrected chi connectivity index (χ4v) is 4.88. The van der Waals surface area contributed by atoms with Crippen LogP contribution < -0.4 is 19.7 Å². The number of methoxy groups -OCH3 is 1. The first kappa shape index (κ1) is 28.2. The molecule has 0 atom stereocenters.